The summed E-state index contributed by atoms with van der Waals surface area (Å²) in [6, 6.07) is 5.99. The number of hydrogen-bond donors (Lipinski definition) is 0. The summed E-state index contributed by atoms with van der Waals surface area (Å²) in [5.74, 6) is 1.66. The van der Waals surface area contributed by atoms with Gasteiger partial charge in [-0.2, -0.15) is 0 Å². The molecule has 0 heterocycles. The molecule has 3 aliphatic rings. The highest BCUT2D eigenvalue weighted by Gasteiger charge is 2.72. The zero-order valence-electron chi connectivity index (χ0n) is 15.9. The molecular formula is C22H28O3. The Kier molecular flexibility index (Phi) is 3.42. The lowest BCUT2D eigenvalue weighted by Crippen LogP contribution is -2.54. The molecule has 0 aromatic heterocycles. The van der Waals surface area contributed by atoms with Crippen LogP contribution in [-0.4, -0.2) is 20.0 Å². The van der Waals surface area contributed by atoms with Crippen LogP contribution in [-0.2, 0) is 4.79 Å². The van der Waals surface area contributed by atoms with Crippen molar-refractivity contribution in [2.24, 2.45) is 16.2 Å². The molecule has 25 heavy (non-hydrogen) atoms. The molecule has 0 bridgehead atoms. The van der Waals surface area contributed by atoms with Crippen LogP contribution < -0.4 is 9.47 Å². The molecule has 134 valence electrons. The number of ether oxygens (including phenoxy) is 2. The minimum absolute atomic E-state index is 0.0183. The van der Waals surface area contributed by atoms with Crippen molar-refractivity contribution in [1.82, 2.24) is 0 Å². The Balaban J connectivity index is 1.87. The maximum atomic E-state index is 13.4. The van der Waals surface area contributed by atoms with Gasteiger partial charge in [0, 0.05) is 5.41 Å². The Bertz CT molecular complexity index is 775. The molecule has 3 nitrogen and oxygen atoms in total. The lowest BCUT2D eigenvalue weighted by Gasteiger charge is -2.61. The van der Waals surface area contributed by atoms with Gasteiger partial charge in [0.2, 0.25) is 0 Å². The number of carbonyl (C=O) groups is 1. The summed E-state index contributed by atoms with van der Waals surface area (Å²) in [6.07, 6.45) is 6.73. The van der Waals surface area contributed by atoms with E-state index in [1.165, 1.54) is 12.8 Å². The van der Waals surface area contributed by atoms with Crippen molar-refractivity contribution in [3.63, 3.8) is 0 Å². The van der Waals surface area contributed by atoms with Gasteiger partial charge in [0.15, 0.2) is 17.3 Å². The Morgan fingerprint density at radius 2 is 1.76 bits per heavy atom. The average molecular weight is 340 g/mol. The molecule has 2 fully saturated rings. The van der Waals surface area contributed by atoms with Gasteiger partial charge in [-0.15, -0.1) is 0 Å². The minimum atomic E-state index is -0.0827. The van der Waals surface area contributed by atoms with Gasteiger partial charge in [-0.3, -0.25) is 4.79 Å². The number of rotatable bonds is 3. The summed E-state index contributed by atoms with van der Waals surface area (Å²) in [5.41, 5.74) is 2.35. The van der Waals surface area contributed by atoms with E-state index >= 15 is 0 Å². The van der Waals surface area contributed by atoms with Crippen LogP contribution >= 0.6 is 0 Å². The molecule has 1 spiro atoms. The summed E-state index contributed by atoms with van der Waals surface area (Å²) in [6.45, 7) is 7.08. The van der Waals surface area contributed by atoms with Crippen LogP contribution in [0, 0.1) is 16.2 Å². The first-order chi connectivity index (χ1) is 11.8. The van der Waals surface area contributed by atoms with Crippen molar-refractivity contribution in [2.45, 2.75) is 52.4 Å². The first-order valence-electron chi connectivity index (χ1n) is 9.29. The number of carbonyl (C=O) groups excluding carboxylic acids is 1. The molecule has 3 aliphatic carbocycles. The standard InChI is InChI=1S/C22H28O3/c1-20(2)10-6-11-21(3)18(19(23)15-9-12-22(15,20)21)14-7-8-16(24-4)17(13-14)25-5/h7-9,13,18H,6,10-12H2,1-5H3/t18-,21-,22-/m0/s1. The first kappa shape index (κ1) is 16.7. The fourth-order valence-corrected chi connectivity index (χ4v) is 6.39. The smallest absolute Gasteiger partial charge is 0.167 e. The fourth-order valence-electron chi connectivity index (χ4n) is 6.39. The Morgan fingerprint density at radius 3 is 2.36 bits per heavy atom. The number of hydrogen-bond acceptors (Lipinski definition) is 3. The highest BCUT2D eigenvalue weighted by molar-refractivity contribution is 6.07. The molecule has 0 amide bonds. The summed E-state index contributed by atoms with van der Waals surface area (Å²) < 4.78 is 10.9. The molecule has 4 rings (SSSR count). The first-order valence-corrected chi connectivity index (χ1v) is 9.29. The predicted octanol–water partition coefficient (Wildman–Crippen LogP) is 4.90. The normalized spacial score (nSPS) is 35.3. The molecular weight excluding hydrogens is 312 g/mol. The van der Waals surface area contributed by atoms with Crippen molar-refractivity contribution < 1.29 is 14.3 Å². The summed E-state index contributed by atoms with van der Waals surface area (Å²) in [4.78, 5) is 13.4. The van der Waals surface area contributed by atoms with Crippen molar-refractivity contribution >= 4 is 5.78 Å². The molecule has 2 saturated carbocycles. The molecule has 0 aliphatic heterocycles. The van der Waals surface area contributed by atoms with E-state index in [4.69, 9.17) is 9.47 Å². The van der Waals surface area contributed by atoms with Gasteiger partial charge >= 0.3 is 0 Å². The van der Waals surface area contributed by atoms with E-state index in [-0.39, 0.29) is 22.2 Å². The van der Waals surface area contributed by atoms with Crippen LogP contribution in [0.25, 0.3) is 0 Å². The zero-order valence-corrected chi connectivity index (χ0v) is 15.9. The second kappa shape index (κ2) is 5.12. The van der Waals surface area contributed by atoms with Gasteiger partial charge in [0.25, 0.3) is 0 Å². The van der Waals surface area contributed by atoms with E-state index < -0.39 is 0 Å². The topological polar surface area (TPSA) is 35.5 Å². The maximum Gasteiger partial charge on any atom is 0.167 e. The van der Waals surface area contributed by atoms with Crippen LogP contribution in [0.3, 0.4) is 0 Å². The van der Waals surface area contributed by atoms with Crippen LogP contribution in [0.2, 0.25) is 0 Å². The number of benzene rings is 1. The third-order valence-electron chi connectivity index (χ3n) is 7.61. The lowest BCUT2D eigenvalue weighted by molar-refractivity contribution is -0.117. The van der Waals surface area contributed by atoms with Gasteiger partial charge in [-0.1, -0.05) is 39.3 Å². The minimum Gasteiger partial charge on any atom is -0.493 e. The number of methoxy groups -OCH3 is 2. The summed E-state index contributed by atoms with van der Waals surface area (Å²) in [7, 11) is 3.29. The van der Waals surface area contributed by atoms with E-state index in [0.717, 1.165) is 24.0 Å². The van der Waals surface area contributed by atoms with Crippen LogP contribution in [0.1, 0.15) is 57.9 Å². The van der Waals surface area contributed by atoms with Gasteiger partial charge in [0.1, 0.15) is 0 Å². The fraction of sp³-hybridized carbons (Fsp3) is 0.591. The SMILES string of the molecule is COc1ccc([C@H]2C(=O)C3=CC[C@@]34C(C)(C)CCC[C@@]24C)cc1OC. The average Bonchev–Trinajstić information content (AvgIpc) is 2.66. The monoisotopic (exact) mass is 340 g/mol. The third kappa shape index (κ3) is 1.79. The van der Waals surface area contributed by atoms with Crippen molar-refractivity contribution in [3.05, 3.63) is 35.4 Å². The van der Waals surface area contributed by atoms with Gasteiger partial charge in [-0.25, -0.2) is 0 Å². The van der Waals surface area contributed by atoms with Crippen LogP contribution in [0.5, 0.6) is 11.5 Å². The quantitative estimate of drug-likeness (QED) is 0.785. The van der Waals surface area contributed by atoms with E-state index in [1.54, 1.807) is 14.2 Å². The summed E-state index contributed by atoms with van der Waals surface area (Å²) in [5, 5.41) is 0. The second-order valence-electron chi connectivity index (χ2n) is 8.79. The molecule has 3 heteroatoms. The molecule has 0 N–H and O–H groups in total. The molecule has 0 radical (unpaired) electrons. The van der Waals surface area contributed by atoms with Crippen LogP contribution in [0.15, 0.2) is 29.8 Å². The maximum absolute atomic E-state index is 13.4. The van der Waals surface area contributed by atoms with E-state index in [1.807, 2.05) is 12.1 Å². The molecule has 0 saturated heterocycles. The van der Waals surface area contributed by atoms with Crippen LogP contribution in [0.4, 0.5) is 0 Å². The Hall–Kier alpha value is -1.77. The van der Waals surface area contributed by atoms with Crippen molar-refractivity contribution in [3.8, 4) is 11.5 Å². The molecule has 1 aromatic carbocycles. The van der Waals surface area contributed by atoms with Gasteiger partial charge < -0.3 is 9.47 Å². The largest absolute Gasteiger partial charge is 0.493 e. The lowest BCUT2D eigenvalue weighted by atomic mass is 9.41. The summed E-state index contributed by atoms with van der Waals surface area (Å²) >= 11 is 0. The Morgan fingerprint density at radius 1 is 1.04 bits per heavy atom. The number of Topliss-reactive ketones (excluding diaryl/α,β-unsaturated/α-hetero) is 1. The van der Waals surface area contributed by atoms with Crippen molar-refractivity contribution in [2.75, 3.05) is 14.2 Å². The number of ketones is 1. The zero-order chi connectivity index (χ0) is 18.0. The van der Waals surface area contributed by atoms with Crippen molar-refractivity contribution in [1.29, 1.82) is 0 Å². The van der Waals surface area contributed by atoms with Gasteiger partial charge in [0.05, 0.1) is 20.1 Å². The van der Waals surface area contributed by atoms with E-state index in [9.17, 15) is 4.79 Å². The molecule has 0 unspecified atom stereocenters. The van der Waals surface area contributed by atoms with E-state index in [0.29, 0.717) is 17.3 Å². The molecule has 1 aromatic rings. The van der Waals surface area contributed by atoms with E-state index in [2.05, 4.69) is 32.9 Å². The van der Waals surface area contributed by atoms with Gasteiger partial charge in [-0.05, 0) is 53.4 Å². The Labute approximate surface area is 150 Å². The third-order valence-corrected chi connectivity index (χ3v) is 7.61. The highest BCUT2D eigenvalue weighted by atomic mass is 16.5. The highest BCUT2D eigenvalue weighted by Crippen LogP contribution is 2.77. The number of allylic oxidation sites excluding steroid dienone is 2. The molecule has 3 atom stereocenters. The predicted molar refractivity (Wildman–Crippen MR) is 98.2 cm³/mol. The second-order valence-corrected chi connectivity index (χ2v) is 8.79.